The van der Waals surface area contributed by atoms with Crippen LogP contribution in [-0.2, 0) is 32.6 Å². The van der Waals surface area contributed by atoms with Gasteiger partial charge in [0, 0.05) is 33.6 Å². The third-order valence-electron chi connectivity index (χ3n) is 5.59. The minimum absolute atomic E-state index is 0.0212. The van der Waals surface area contributed by atoms with Crippen LogP contribution in [0.3, 0.4) is 0 Å². The molecular weight excluding hydrogens is 356 g/mol. The van der Waals surface area contributed by atoms with Crippen LogP contribution in [0.4, 0.5) is 0 Å². The van der Waals surface area contributed by atoms with Crippen LogP contribution in [0.15, 0.2) is 23.1 Å². The van der Waals surface area contributed by atoms with Gasteiger partial charge in [-0.2, -0.15) is 0 Å². The number of nitrogens with zero attached hydrogens (tertiary/aromatic N) is 2. The van der Waals surface area contributed by atoms with E-state index in [1.54, 1.807) is 17.0 Å². The van der Waals surface area contributed by atoms with Crippen LogP contribution < -0.4 is 0 Å². The molecule has 1 fully saturated rings. The minimum Gasteiger partial charge on any atom is -0.481 e. The van der Waals surface area contributed by atoms with Gasteiger partial charge < -0.3 is 10.0 Å². The molecule has 0 atom stereocenters. The summed E-state index contributed by atoms with van der Waals surface area (Å²) in [7, 11) is -0.544. The quantitative estimate of drug-likeness (QED) is 0.835. The van der Waals surface area contributed by atoms with Gasteiger partial charge in [0.25, 0.3) is 0 Å². The van der Waals surface area contributed by atoms with E-state index in [0.29, 0.717) is 32.4 Å². The van der Waals surface area contributed by atoms with Crippen molar-refractivity contribution in [1.82, 2.24) is 9.21 Å². The highest BCUT2D eigenvalue weighted by Gasteiger charge is 2.46. The number of sulfonamides is 1. The molecule has 1 N–H and O–H groups in total. The Labute approximate surface area is 153 Å². The molecule has 26 heavy (non-hydrogen) atoms. The summed E-state index contributed by atoms with van der Waals surface area (Å²) < 4.78 is 26.2. The van der Waals surface area contributed by atoms with Gasteiger partial charge in [-0.05, 0) is 36.5 Å². The topological polar surface area (TPSA) is 95.0 Å². The standard InChI is InChI=1S/C18H24N2O5S/c1-19(2)26(24,25)15-6-3-5-13-12-20(10-7-14(13)15)16(21)11-18(17(22)23)8-4-9-18/h3,5-6H,4,7-12H2,1-2H3,(H,22,23). The summed E-state index contributed by atoms with van der Waals surface area (Å²) in [5.74, 6) is -1.06. The van der Waals surface area contributed by atoms with Crippen molar-refractivity contribution in [3.63, 3.8) is 0 Å². The van der Waals surface area contributed by atoms with E-state index in [4.69, 9.17) is 0 Å². The Bertz CT molecular complexity index is 843. The Morgan fingerprint density at radius 2 is 1.96 bits per heavy atom. The van der Waals surface area contributed by atoms with Crippen molar-refractivity contribution in [1.29, 1.82) is 0 Å². The summed E-state index contributed by atoms with van der Waals surface area (Å²) in [6, 6.07) is 5.12. The Balaban J connectivity index is 1.81. The number of hydrogen-bond acceptors (Lipinski definition) is 4. The number of rotatable bonds is 5. The molecule has 1 heterocycles. The lowest BCUT2D eigenvalue weighted by Gasteiger charge is -2.39. The molecule has 1 aromatic carbocycles. The minimum atomic E-state index is -3.54. The Kier molecular flexibility index (Phi) is 4.83. The van der Waals surface area contributed by atoms with E-state index in [0.717, 1.165) is 17.5 Å². The molecule has 8 heteroatoms. The van der Waals surface area contributed by atoms with Crippen molar-refractivity contribution in [3.05, 3.63) is 29.3 Å². The third-order valence-corrected chi connectivity index (χ3v) is 7.49. The predicted molar refractivity (Wildman–Crippen MR) is 95.0 cm³/mol. The van der Waals surface area contributed by atoms with Crippen LogP contribution in [0.25, 0.3) is 0 Å². The number of carboxylic acid groups (broad SMARTS) is 1. The molecule has 1 aliphatic carbocycles. The maximum absolute atomic E-state index is 12.6. The largest absolute Gasteiger partial charge is 0.481 e. The van der Waals surface area contributed by atoms with E-state index in [1.165, 1.54) is 18.4 Å². The molecule has 0 saturated heterocycles. The summed E-state index contributed by atoms with van der Waals surface area (Å²) in [4.78, 5) is 26.1. The van der Waals surface area contributed by atoms with Crippen LogP contribution in [0.2, 0.25) is 0 Å². The number of amides is 1. The average Bonchev–Trinajstić information content (AvgIpc) is 2.56. The molecule has 0 radical (unpaired) electrons. The summed E-state index contributed by atoms with van der Waals surface area (Å²) >= 11 is 0. The van der Waals surface area contributed by atoms with Crippen molar-refractivity contribution in [2.24, 2.45) is 5.41 Å². The second-order valence-electron chi connectivity index (χ2n) is 7.36. The number of hydrogen-bond donors (Lipinski definition) is 1. The predicted octanol–water partition coefficient (Wildman–Crippen LogP) is 1.47. The second kappa shape index (κ2) is 6.66. The van der Waals surface area contributed by atoms with Gasteiger partial charge in [-0.1, -0.05) is 18.6 Å². The van der Waals surface area contributed by atoms with Crippen LogP contribution >= 0.6 is 0 Å². The highest BCUT2D eigenvalue weighted by atomic mass is 32.2. The first-order valence-corrected chi connectivity index (χ1v) is 10.2. The van der Waals surface area contributed by atoms with Crippen molar-refractivity contribution in [2.45, 2.75) is 43.5 Å². The molecule has 142 valence electrons. The summed E-state index contributed by atoms with van der Waals surface area (Å²) in [5.41, 5.74) is 0.653. The molecule has 2 aliphatic rings. The Morgan fingerprint density at radius 3 is 2.50 bits per heavy atom. The zero-order valence-electron chi connectivity index (χ0n) is 15.1. The molecule has 7 nitrogen and oxygen atoms in total. The first kappa shape index (κ1) is 18.8. The zero-order chi connectivity index (χ0) is 19.1. The molecule has 1 aromatic rings. The highest BCUT2D eigenvalue weighted by Crippen LogP contribution is 2.44. The maximum Gasteiger partial charge on any atom is 0.310 e. The number of carbonyl (C=O) groups excluding carboxylic acids is 1. The van der Waals surface area contributed by atoms with E-state index in [1.807, 2.05) is 6.07 Å². The van der Waals surface area contributed by atoms with Crippen molar-refractivity contribution in [2.75, 3.05) is 20.6 Å². The Hall–Kier alpha value is -1.93. The Morgan fingerprint density at radius 1 is 1.27 bits per heavy atom. The summed E-state index contributed by atoms with van der Waals surface area (Å²) in [6.07, 6.45) is 2.40. The van der Waals surface area contributed by atoms with E-state index >= 15 is 0 Å². The van der Waals surface area contributed by atoms with Gasteiger partial charge in [-0.25, -0.2) is 12.7 Å². The molecule has 0 spiro atoms. The number of carboxylic acids is 1. The van der Waals surface area contributed by atoms with Gasteiger partial charge in [-0.3, -0.25) is 9.59 Å². The zero-order valence-corrected chi connectivity index (χ0v) is 15.9. The molecule has 1 aliphatic heterocycles. The average molecular weight is 380 g/mol. The third kappa shape index (κ3) is 3.12. The normalized spacial score (nSPS) is 19.0. The van der Waals surface area contributed by atoms with E-state index < -0.39 is 21.4 Å². The van der Waals surface area contributed by atoms with E-state index in [2.05, 4.69) is 0 Å². The van der Waals surface area contributed by atoms with Crippen LogP contribution in [0.5, 0.6) is 0 Å². The van der Waals surface area contributed by atoms with Gasteiger partial charge >= 0.3 is 5.97 Å². The van der Waals surface area contributed by atoms with Crippen molar-refractivity contribution >= 4 is 21.9 Å². The lowest BCUT2D eigenvalue weighted by molar-refractivity contribution is -0.159. The number of carbonyl (C=O) groups is 2. The lowest BCUT2D eigenvalue weighted by atomic mass is 9.66. The fraction of sp³-hybridized carbons (Fsp3) is 0.556. The molecule has 1 saturated carbocycles. The molecule has 0 bridgehead atoms. The first-order valence-electron chi connectivity index (χ1n) is 8.72. The number of fused-ring (bicyclic) bond motifs is 1. The highest BCUT2D eigenvalue weighted by molar-refractivity contribution is 7.89. The fourth-order valence-corrected chi connectivity index (χ4v) is 4.89. The monoisotopic (exact) mass is 380 g/mol. The number of aliphatic carboxylic acids is 1. The van der Waals surface area contributed by atoms with Gasteiger partial charge in [0.15, 0.2) is 0 Å². The fourth-order valence-electron chi connectivity index (χ4n) is 3.70. The maximum atomic E-state index is 12.6. The SMILES string of the molecule is CN(C)S(=O)(=O)c1cccc2c1CCN(C(=O)CC1(C(=O)O)CCC1)C2. The van der Waals surface area contributed by atoms with Gasteiger partial charge in [0.05, 0.1) is 10.3 Å². The van der Waals surface area contributed by atoms with E-state index in [9.17, 15) is 23.1 Å². The van der Waals surface area contributed by atoms with Gasteiger partial charge in [-0.15, -0.1) is 0 Å². The van der Waals surface area contributed by atoms with Crippen LogP contribution in [-0.4, -0.2) is 55.2 Å². The van der Waals surface area contributed by atoms with Crippen LogP contribution in [0, 0.1) is 5.41 Å². The lowest BCUT2D eigenvalue weighted by Crippen LogP contribution is -2.45. The molecule has 3 rings (SSSR count). The number of benzene rings is 1. The summed E-state index contributed by atoms with van der Waals surface area (Å²) in [6.45, 7) is 0.724. The van der Waals surface area contributed by atoms with Crippen molar-refractivity contribution in [3.8, 4) is 0 Å². The molecular formula is C18H24N2O5S. The molecule has 1 amide bonds. The van der Waals surface area contributed by atoms with E-state index in [-0.39, 0.29) is 17.2 Å². The van der Waals surface area contributed by atoms with Crippen LogP contribution in [0.1, 0.15) is 36.8 Å². The van der Waals surface area contributed by atoms with Crippen molar-refractivity contribution < 1.29 is 23.1 Å². The smallest absolute Gasteiger partial charge is 0.310 e. The van der Waals surface area contributed by atoms with Gasteiger partial charge in [0.1, 0.15) is 0 Å². The molecule has 0 unspecified atom stereocenters. The second-order valence-corrected chi connectivity index (χ2v) is 9.48. The van der Waals surface area contributed by atoms with Gasteiger partial charge in [0.2, 0.25) is 15.9 Å². The summed E-state index contributed by atoms with van der Waals surface area (Å²) in [5, 5.41) is 9.42. The first-order chi connectivity index (χ1) is 12.2. The molecule has 0 aromatic heterocycles.